The van der Waals surface area contributed by atoms with Crippen molar-refractivity contribution >= 4 is 23.1 Å². The Hall–Kier alpha value is -3.42. The molecule has 1 aliphatic rings. The molecule has 8 heteroatoms. The molecule has 186 valence electrons. The van der Waals surface area contributed by atoms with Crippen LogP contribution in [0.15, 0.2) is 30.3 Å². The van der Waals surface area contributed by atoms with Crippen LogP contribution in [0.1, 0.15) is 67.9 Å². The van der Waals surface area contributed by atoms with Crippen molar-refractivity contribution in [2.45, 2.75) is 72.1 Å². The Kier molecular flexibility index (Phi) is 6.83. The number of benzene rings is 2. The van der Waals surface area contributed by atoms with Gasteiger partial charge in [-0.25, -0.2) is 9.48 Å². The molecular formula is C27H34N4O4. The SMILES string of the molecule is CCn1nnc2c(C)c(C(CC(=O)OC)c3ccc4c(c3)CN(C(=O)OC(C)(C)C)CC4)ccc21. The Balaban J connectivity index is 1.71. The van der Waals surface area contributed by atoms with Crippen LogP contribution >= 0.6 is 0 Å². The van der Waals surface area contributed by atoms with E-state index >= 15 is 0 Å². The van der Waals surface area contributed by atoms with E-state index in [0.717, 1.165) is 46.3 Å². The summed E-state index contributed by atoms with van der Waals surface area (Å²) in [6.07, 6.45) is 0.668. The Morgan fingerprint density at radius 2 is 1.91 bits per heavy atom. The largest absolute Gasteiger partial charge is 0.469 e. The van der Waals surface area contributed by atoms with Crippen LogP contribution in [0.2, 0.25) is 0 Å². The van der Waals surface area contributed by atoms with E-state index in [-0.39, 0.29) is 24.4 Å². The van der Waals surface area contributed by atoms with E-state index in [2.05, 4.69) is 34.6 Å². The molecule has 0 spiro atoms. The predicted molar refractivity (Wildman–Crippen MR) is 133 cm³/mol. The molecule has 1 unspecified atom stereocenters. The third kappa shape index (κ3) is 5.16. The van der Waals surface area contributed by atoms with Crippen molar-refractivity contribution in [3.63, 3.8) is 0 Å². The molecule has 0 aliphatic carbocycles. The smallest absolute Gasteiger partial charge is 0.410 e. The molecule has 1 aliphatic heterocycles. The zero-order chi connectivity index (χ0) is 25.3. The van der Waals surface area contributed by atoms with Gasteiger partial charge in [0.2, 0.25) is 0 Å². The Morgan fingerprint density at radius 1 is 1.14 bits per heavy atom. The predicted octanol–water partition coefficient (Wildman–Crippen LogP) is 4.75. The zero-order valence-electron chi connectivity index (χ0n) is 21.4. The number of carbonyl (C=O) groups is 2. The average molecular weight is 479 g/mol. The second kappa shape index (κ2) is 9.68. The molecule has 2 aromatic carbocycles. The van der Waals surface area contributed by atoms with Gasteiger partial charge in [-0.3, -0.25) is 4.79 Å². The Bertz CT molecular complexity index is 1260. The number of carbonyl (C=O) groups excluding carboxylic acids is 2. The molecule has 0 saturated heterocycles. The van der Waals surface area contributed by atoms with E-state index in [1.807, 2.05) is 45.4 Å². The van der Waals surface area contributed by atoms with E-state index < -0.39 is 5.60 Å². The minimum atomic E-state index is -0.541. The van der Waals surface area contributed by atoms with Crippen molar-refractivity contribution < 1.29 is 19.1 Å². The highest BCUT2D eigenvalue weighted by Crippen LogP contribution is 2.35. The maximum Gasteiger partial charge on any atom is 0.410 e. The topological polar surface area (TPSA) is 86.6 Å². The normalized spacial score (nSPS) is 14.5. The van der Waals surface area contributed by atoms with Crippen LogP contribution < -0.4 is 0 Å². The van der Waals surface area contributed by atoms with Gasteiger partial charge in [-0.15, -0.1) is 5.10 Å². The first-order chi connectivity index (χ1) is 16.6. The lowest BCUT2D eigenvalue weighted by atomic mass is 9.83. The number of ether oxygens (including phenoxy) is 2. The summed E-state index contributed by atoms with van der Waals surface area (Å²) in [6.45, 7) is 11.5. The maximum atomic E-state index is 12.7. The van der Waals surface area contributed by atoms with E-state index in [1.165, 1.54) is 12.7 Å². The molecule has 35 heavy (non-hydrogen) atoms. The first-order valence-electron chi connectivity index (χ1n) is 12.1. The Morgan fingerprint density at radius 3 is 2.60 bits per heavy atom. The van der Waals surface area contributed by atoms with Gasteiger partial charge in [0.1, 0.15) is 11.1 Å². The molecular weight excluding hydrogens is 444 g/mol. The number of nitrogens with zero attached hydrogens (tertiary/aromatic N) is 4. The maximum absolute atomic E-state index is 12.7. The van der Waals surface area contributed by atoms with Crippen LogP contribution in [0, 0.1) is 6.92 Å². The fraction of sp³-hybridized carbons (Fsp3) is 0.481. The number of rotatable bonds is 5. The van der Waals surface area contributed by atoms with Crippen molar-refractivity contribution in [2.24, 2.45) is 0 Å². The highest BCUT2D eigenvalue weighted by atomic mass is 16.6. The van der Waals surface area contributed by atoms with Crippen molar-refractivity contribution in [2.75, 3.05) is 13.7 Å². The fourth-order valence-electron chi connectivity index (χ4n) is 4.73. The molecule has 0 saturated carbocycles. The molecule has 0 bridgehead atoms. The first-order valence-corrected chi connectivity index (χ1v) is 12.1. The number of esters is 1. The molecule has 0 radical (unpaired) electrons. The summed E-state index contributed by atoms with van der Waals surface area (Å²) >= 11 is 0. The standard InChI is InChI=1S/C27H34N4O4/c1-7-31-23-11-10-21(17(2)25(23)28-29-31)22(15-24(32)34-6)19-9-8-18-12-13-30(16-20(18)14-19)26(33)35-27(3,4)5/h8-11,14,22H,7,12-13,15-16H2,1-6H3. The lowest BCUT2D eigenvalue weighted by Crippen LogP contribution is -2.39. The van der Waals surface area contributed by atoms with Gasteiger partial charge < -0.3 is 14.4 Å². The average Bonchev–Trinajstić information content (AvgIpc) is 3.25. The van der Waals surface area contributed by atoms with E-state index in [4.69, 9.17) is 9.47 Å². The summed E-state index contributed by atoms with van der Waals surface area (Å²) in [5.74, 6) is -0.486. The van der Waals surface area contributed by atoms with Crippen molar-refractivity contribution in [3.8, 4) is 0 Å². The number of hydrogen-bond donors (Lipinski definition) is 0. The van der Waals surface area contributed by atoms with Crippen LogP contribution in [0.3, 0.4) is 0 Å². The van der Waals surface area contributed by atoms with E-state index in [1.54, 1.807) is 4.90 Å². The van der Waals surface area contributed by atoms with Crippen molar-refractivity contribution in [1.82, 2.24) is 19.9 Å². The lowest BCUT2D eigenvalue weighted by Gasteiger charge is -2.32. The number of aryl methyl sites for hydroxylation is 2. The first kappa shape index (κ1) is 24.7. The minimum absolute atomic E-state index is 0.208. The summed E-state index contributed by atoms with van der Waals surface area (Å²) < 4.78 is 12.5. The van der Waals surface area contributed by atoms with Gasteiger partial charge >= 0.3 is 12.1 Å². The second-order valence-corrected chi connectivity index (χ2v) is 10.1. The van der Waals surface area contributed by atoms with Gasteiger partial charge in [0.25, 0.3) is 0 Å². The molecule has 4 rings (SSSR count). The highest BCUT2D eigenvalue weighted by molar-refractivity contribution is 5.80. The van der Waals surface area contributed by atoms with Crippen molar-refractivity contribution in [3.05, 3.63) is 58.1 Å². The molecule has 1 aromatic heterocycles. The van der Waals surface area contributed by atoms with Crippen LogP contribution in [-0.4, -0.2) is 51.2 Å². The number of hydrogen-bond acceptors (Lipinski definition) is 6. The molecule has 1 atom stereocenters. The van der Waals surface area contributed by atoms with E-state index in [9.17, 15) is 9.59 Å². The second-order valence-electron chi connectivity index (χ2n) is 10.1. The summed E-state index contributed by atoms with van der Waals surface area (Å²) in [5, 5.41) is 8.65. The molecule has 0 N–H and O–H groups in total. The molecule has 8 nitrogen and oxygen atoms in total. The molecule has 2 heterocycles. The summed E-state index contributed by atoms with van der Waals surface area (Å²) in [7, 11) is 1.41. The lowest BCUT2D eigenvalue weighted by molar-refractivity contribution is -0.140. The summed E-state index contributed by atoms with van der Waals surface area (Å²) in [6, 6.07) is 10.4. The molecule has 3 aromatic rings. The molecule has 0 fully saturated rings. The highest BCUT2D eigenvalue weighted by Gasteiger charge is 2.28. The number of aromatic nitrogens is 3. The monoisotopic (exact) mass is 478 g/mol. The van der Waals surface area contributed by atoms with Gasteiger partial charge in [0.05, 0.1) is 19.0 Å². The van der Waals surface area contributed by atoms with Crippen LogP contribution in [-0.2, 0) is 33.8 Å². The van der Waals surface area contributed by atoms with Gasteiger partial charge in [-0.2, -0.15) is 0 Å². The van der Waals surface area contributed by atoms with Crippen molar-refractivity contribution in [1.29, 1.82) is 0 Å². The van der Waals surface area contributed by atoms with Crippen LogP contribution in [0.5, 0.6) is 0 Å². The third-order valence-corrected chi connectivity index (χ3v) is 6.55. The summed E-state index contributed by atoms with van der Waals surface area (Å²) in [5.41, 5.74) is 6.59. The number of methoxy groups -OCH3 is 1. The quantitative estimate of drug-likeness (QED) is 0.492. The Labute approximate surface area is 206 Å². The van der Waals surface area contributed by atoms with E-state index in [0.29, 0.717) is 13.1 Å². The van der Waals surface area contributed by atoms with Gasteiger partial charge in [0.15, 0.2) is 0 Å². The minimum Gasteiger partial charge on any atom is -0.469 e. The van der Waals surface area contributed by atoms with Gasteiger partial charge in [-0.1, -0.05) is 29.5 Å². The number of amides is 1. The molecule has 1 amide bonds. The van der Waals surface area contributed by atoms with Gasteiger partial charge in [-0.05, 0) is 74.9 Å². The third-order valence-electron chi connectivity index (χ3n) is 6.55. The van der Waals surface area contributed by atoms with Crippen LogP contribution in [0.4, 0.5) is 4.79 Å². The van der Waals surface area contributed by atoms with Crippen LogP contribution in [0.25, 0.3) is 11.0 Å². The zero-order valence-corrected chi connectivity index (χ0v) is 21.4. The summed E-state index contributed by atoms with van der Waals surface area (Å²) in [4.78, 5) is 26.8. The fourth-order valence-corrected chi connectivity index (χ4v) is 4.73. The number of fused-ring (bicyclic) bond motifs is 2. The van der Waals surface area contributed by atoms with Gasteiger partial charge in [0, 0.05) is 25.6 Å².